The fourth-order valence-corrected chi connectivity index (χ4v) is 2.80. The third kappa shape index (κ3) is 4.25. The van der Waals surface area contributed by atoms with Gasteiger partial charge in [-0.05, 0) is 63.2 Å². The summed E-state index contributed by atoms with van der Waals surface area (Å²) < 4.78 is 10.9. The zero-order valence-electron chi connectivity index (χ0n) is 16.3. The minimum atomic E-state index is -0.342. The van der Waals surface area contributed by atoms with Crippen molar-refractivity contribution in [3.63, 3.8) is 0 Å². The van der Waals surface area contributed by atoms with Crippen molar-refractivity contribution in [1.29, 1.82) is 0 Å². The molecular formula is C21H23N3O4. The first-order valence-corrected chi connectivity index (χ1v) is 8.93. The van der Waals surface area contributed by atoms with Crippen molar-refractivity contribution in [2.45, 2.75) is 26.8 Å². The number of furan rings is 1. The normalized spacial score (nSPS) is 10.8. The molecule has 0 radical (unpaired) electrons. The number of rotatable bonds is 5. The van der Waals surface area contributed by atoms with Gasteiger partial charge in [0.1, 0.15) is 11.3 Å². The minimum absolute atomic E-state index is 0.0468. The number of hydrogen-bond donors (Lipinski definition) is 3. The molecule has 0 aliphatic heterocycles. The maximum absolute atomic E-state index is 12.6. The van der Waals surface area contributed by atoms with Crippen LogP contribution in [0, 0.1) is 6.92 Å². The smallest absolute Gasteiger partial charge is 0.319 e. The topological polar surface area (TPSA) is 92.6 Å². The molecule has 0 fully saturated rings. The lowest BCUT2D eigenvalue weighted by molar-refractivity contribution is 0.0998. The second-order valence-electron chi connectivity index (χ2n) is 6.70. The van der Waals surface area contributed by atoms with E-state index >= 15 is 0 Å². The van der Waals surface area contributed by atoms with Gasteiger partial charge in [0.25, 0.3) is 5.91 Å². The molecule has 0 bridgehead atoms. The Kier molecular flexibility index (Phi) is 5.54. The van der Waals surface area contributed by atoms with Crippen molar-refractivity contribution >= 4 is 34.3 Å². The van der Waals surface area contributed by atoms with Crippen LogP contribution in [0.3, 0.4) is 0 Å². The van der Waals surface area contributed by atoms with Crippen LogP contribution in [0.2, 0.25) is 0 Å². The van der Waals surface area contributed by atoms with Crippen LogP contribution in [0.5, 0.6) is 5.75 Å². The average molecular weight is 381 g/mol. The van der Waals surface area contributed by atoms with E-state index in [0.717, 1.165) is 10.9 Å². The molecule has 0 aliphatic rings. The molecule has 2 aromatic carbocycles. The summed E-state index contributed by atoms with van der Waals surface area (Å²) >= 11 is 0. The second kappa shape index (κ2) is 8.04. The molecule has 146 valence electrons. The van der Waals surface area contributed by atoms with Crippen LogP contribution in [0.25, 0.3) is 11.0 Å². The maximum Gasteiger partial charge on any atom is 0.319 e. The maximum atomic E-state index is 12.6. The minimum Gasteiger partial charge on any atom is -0.497 e. The number of aryl methyl sites for hydroxylation is 1. The Bertz CT molecular complexity index is 1010. The Labute approximate surface area is 163 Å². The molecule has 1 heterocycles. The Morgan fingerprint density at radius 3 is 2.25 bits per heavy atom. The van der Waals surface area contributed by atoms with Gasteiger partial charge in [0, 0.05) is 28.4 Å². The quantitative estimate of drug-likeness (QED) is 0.605. The van der Waals surface area contributed by atoms with Crippen molar-refractivity contribution in [2.24, 2.45) is 0 Å². The Balaban J connectivity index is 1.72. The molecule has 0 unspecified atom stereocenters. The molecular weight excluding hydrogens is 358 g/mol. The van der Waals surface area contributed by atoms with Gasteiger partial charge in [-0.3, -0.25) is 4.79 Å². The van der Waals surface area contributed by atoms with Crippen molar-refractivity contribution in [2.75, 3.05) is 17.7 Å². The Morgan fingerprint density at radius 2 is 1.64 bits per heavy atom. The van der Waals surface area contributed by atoms with Gasteiger partial charge in [-0.25, -0.2) is 4.79 Å². The van der Waals surface area contributed by atoms with Gasteiger partial charge in [0.05, 0.1) is 7.11 Å². The van der Waals surface area contributed by atoms with Crippen LogP contribution in [0.1, 0.15) is 30.0 Å². The van der Waals surface area contributed by atoms with Crippen molar-refractivity contribution < 1.29 is 18.7 Å². The predicted molar refractivity (Wildman–Crippen MR) is 109 cm³/mol. The first kappa shape index (κ1) is 19.3. The van der Waals surface area contributed by atoms with E-state index in [1.807, 2.05) is 26.8 Å². The number of amides is 3. The van der Waals surface area contributed by atoms with Gasteiger partial charge in [-0.1, -0.05) is 0 Å². The van der Waals surface area contributed by atoms with Gasteiger partial charge >= 0.3 is 6.03 Å². The standard InChI is InChI=1S/C21H23N3O4/c1-12(2)22-21(26)24-15-7-5-14(6-8-15)23-20(25)19-13(3)17-11-16(27-4)9-10-18(17)28-19/h5-12H,1-4H3,(H,23,25)(H2,22,24,26). The number of ether oxygens (including phenoxy) is 1. The van der Waals surface area contributed by atoms with Crippen LogP contribution in [0.15, 0.2) is 46.9 Å². The molecule has 3 amide bonds. The number of anilines is 2. The first-order chi connectivity index (χ1) is 13.4. The molecule has 0 spiro atoms. The van der Waals surface area contributed by atoms with Crippen LogP contribution in [-0.4, -0.2) is 25.1 Å². The summed E-state index contributed by atoms with van der Waals surface area (Å²) in [5, 5.41) is 9.12. The molecule has 1 aromatic heterocycles. The lowest BCUT2D eigenvalue weighted by Gasteiger charge is -2.10. The summed E-state index contributed by atoms with van der Waals surface area (Å²) in [6.45, 7) is 5.60. The fourth-order valence-electron chi connectivity index (χ4n) is 2.80. The summed E-state index contributed by atoms with van der Waals surface area (Å²) in [6.07, 6.45) is 0. The molecule has 7 heteroatoms. The van der Waals surface area contributed by atoms with E-state index in [9.17, 15) is 9.59 Å². The third-order valence-corrected chi connectivity index (χ3v) is 4.17. The number of fused-ring (bicyclic) bond motifs is 1. The van der Waals surface area contributed by atoms with Gasteiger partial charge in [0.15, 0.2) is 5.76 Å². The monoisotopic (exact) mass is 381 g/mol. The molecule has 0 aliphatic carbocycles. The van der Waals surface area contributed by atoms with E-state index in [2.05, 4.69) is 16.0 Å². The van der Waals surface area contributed by atoms with Gasteiger partial charge < -0.3 is 25.1 Å². The summed E-state index contributed by atoms with van der Waals surface area (Å²) in [7, 11) is 1.59. The molecule has 28 heavy (non-hydrogen) atoms. The van der Waals surface area contributed by atoms with Gasteiger partial charge in [-0.15, -0.1) is 0 Å². The van der Waals surface area contributed by atoms with Crippen LogP contribution < -0.4 is 20.7 Å². The SMILES string of the molecule is COc1ccc2oc(C(=O)Nc3ccc(NC(=O)NC(C)C)cc3)c(C)c2c1. The van der Waals surface area contributed by atoms with Gasteiger partial charge in [0.2, 0.25) is 0 Å². The van der Waals surface area contributed by atoms with Crippen LogP contribution >= 0.6 is 0 Å². The van der Waals surface area contributed by atoms with Crippen LogP contribution in [-0.2, 0) is 0 Å². The first-order valence-electron chi connectivity index (χ1n) is 8.93. The number of carbonyl (C=O) groups excluding carboxylic acids is 2. The zero-order chi connectivity index (χ0) is 20.3. The zero-order valence-corrected chi connectivity index (χ0v) is 16.3. The van der Waals surface area contributed by atoms with Crippen molar-refractivity contribution in [3.05, 3.63) is 53.8 Å². The average Bonchev–Trinajstić information content (AvgIpc) is 2.99. The van der Waals surface area contributed by atoms with Crippen molar-refractivity contribution in [3.8, 4) is 5.75 Å². The lowest BCUT2D eigenvalue weighted by atomic mass is 10.1. The van der Waals surface area contributed by atoms with Gasteiger partial charge in [-0.2, -0.15) is 0 Å². The highest BCUT2D eigenvalue weighted by molar-refractivity contribution is 6.06. The summed E-state index contributed by atoms with van der Waals surface area (Å²) in [6, 6.07) is 12.0. The third-order valence-electron chi connectivity index (χ3n) is 4.17. The number of carbonyl (C=O) groups is 2. The molecule has 0 saturated carbocycles. The van der Waals surface area contributed by atoms with E-state index < -0.39 is 0 Å². The van der Waals surface area contributed by atoms with E-state index in [4.69, 9.17) is 9.15 Å². The number of nitrogens with one attached hydrogen (secondary N) is 3. The van der Waals surface area contributed by atoms with E-state index in [1.165, 1.54) is 0 Å². The highest BCUT2D eigenvalue weighted by atomic mass is 16.5. The Hall–Kier alpha value is -3.48. The van der Waals surface area contributed by atoms with Crippen molar-refractivity contribution in [1.82, 2.24) is 5.32 Å². The van der Waals surface area contributed by atoms with E-state index in [-0.39, 0.29) is 23.7 Å². The largest absolute Gasteiger partial charge is 0.497 e. The number of urea groups is 1. The fraction of sp³-hybridized carbons (Fsp3) is 0.238. The molecule has 3 aromatic rings. The highest BCUT2D eigenvalue weighted by Crippen LogP contribution is 2.29. The van der Waals surface area contributed by atoms with E-state index in [0.29, 0.717) is 22.7 Å². The number of benzene rings is 2. The van der Waals surface area contributed by atoms with Crippen LogP contribution in [0.4, 0.5) is 16.2 Å². The second-order valence-corrected chi connectivity index (χ2v) is 6.70. The summed E-state index contributed by atoms with van der Waals surface area (Å²) in [5.41, 5.74) is 2.59. The summed E-state index contributed by atoms with van der Waals surface area (Å²) in [4.78, 5) is 24.4. The number of hydrogen-bond acceptors (Lipinski definition) is 4. The highest BCUT2D eigenvalue weighted by Gasteiger charge is 2.18. The predicted octanol–water partition coefficient (Wildman–Crippen LogP) is 4.53. The number of methoxy groups -OCH3 is 1. The summed E-state index contributed by atoms with van der Waals surface area (Å²) in [5.74, 6) is 0.612. The lowest BCUT2D eigenvalue weighted by Crippen LogP contribution is -2.34. The Morgan fingerprint density at radius 1 is 1.00 bits per heavy atom. The molecule has 0 atom stereocenters. The molecule has 3 rings (SSSR count). The molecule has 3 N–H and O–H groups in total. The molecule has 0 saturated heterocycles. The molecule has 7 nitrogen and oxygen atoms in total. The van der Waals surface area contributed by atoms with E-state index in [1.54, 1.807) is 43.5 Å².